The van der Waals surface area contributed by atoms with Crippen molar-refractivity contribution in [2.75, 3.05) is 0 Å². The van der Waals surface area contributed by atoms with Crippen LogP contribution in [0.1, 0.15) is 18.9 Å². The number of imidazole rings is 1. The largest absolute Gasteiger partial charge is 0.512 e. The first kappa shape index (κ1) is 22.6. The van der Waals surface area contributed by atoms with Crippen molar-refractivity contribution in [2.45, 2.75) is 24.0 Å². The summed E-state index contributed by atoms with van der Waals surface area (Å²) in [6.07, 6.45) is 3.01. The molecule has 8 nitrogen and oxygen atoms in total. The van der Waals surface area contributed by atoms with Gasteiger partial charge < -0.3 is 9.67 Å². The van der Waals surface area contributed by atoms with Crippen LogP contribution in [0.25, 0.3) is 0 Å². The van der Waals surface area contributed by atoms with Crippen molar-refractivity contribution in [3.05, 3.63) is 18.2 Å². The van der Waals surface area contributed by atoms with Gasteiger partial charge in [-0.05, 0) is 6.92 Å². The second kappa shape index (κ2) is 7.24. The zero-order chi connectivity index (χ0) is 19.6. The molecule has 1 heterocycles. The Kier molecular flexibility index (Phi) is 6.82. The van der Waals surface area contributed by atoms with Crippen LogP contribution < -0.4 is 4.13 Å². The van der Waals surface area contributed by atoms with E-state index >= 15 is 0 Å². The third-order valence-electron chi connectivity index (χ3n) is 2.06. The number of aliphatic hydroxyl groups excluding tert-OH is 1. The second-order valence-corrected chi connectivity index (χ2v) is 7.66. The van der Waals surface area contributed by atoms with Gasteiger partial charge in [-0.3, -0.25) is 0 Å². The number of alkyl halides is 6. The Balaban J connectivity index is 0.000000496. The molecule has 0 aliphatic carbocycles. The van der Waals surface area contributed by atoms with E-state index in [0.717, 1.165) is 0 Å². The predicted octanol–water partition coefficient (Wildman–Crippen LogP) is 0.749. The fourth-order valence-corrected chi connectivity index (χ4v) is 2.93. The minimum absolute atomic E-state index is 0.468. The average Bonchev–Trinajstić information content (AvgIpc) is 2.71. The van der Waals surface area contributed by atoms with E-state index in [0.29, 0.717) is 5.82 Å². The van der Waals surface area contributed by atoms with Crippen LogP contribution in [0.5, 0.6) is 0 Å². The summed E-state index contributed by atoms with van der Waals surface area (Å²) in [5, 5.41) is 9.01. The molecule has 142 valence electrons. The van der Waals surface area contributed by atoms with Gasteiger partial charge in [0.1, 0.15) is 11.9 Å². The van der Waals surface area contributed by atoms with Gasteiger partial charge in [0.2, 0.25) is 0 Å². The van der Waals surface area contributed by atoms with Crippen LogP contribution in [-0.2, 0) is 27.1 Å². The number of aromatic nitrogens is 2. The summed E-state index contributed by atoms with van der Waals surface area (Å²) in [4.78, 5) is 3.93. The molecule has 0 spiro atoms. The van der Waals surface area contributed by atoms with Crippen molar-refractivity contribution < 1.29 is 48.3 Å². The number of halogens is 6. The van der Waals surface area contributed by atoms with Crippen molar-refractivity contribution in [3.8, 4) is 0 Å². The van der Waals surface area contributed by atoms with Crippen molar-refractivity contribution in [1.29, 1.82) is 0 Å². The topological polar surface area (TPSA) is 118 Å². The number of aliphatic hydroxyl groups is 1. The van der Waals surface area contributed by atoms with E-state index in [2.05, 4.69) is 4.98 Å². The van der Waals surface area contributed by atoms with Crippen LogP contribution >= 0.6 is 0 Å². The molecule has 1 atom stereocenters. The molecule has 0 amide bonds. The van der Waals surface area contributed by atoms with Crippen molar-refractivity contribution in [3.63, 3.8) is 0 Å². The zero-order valence-electron chi connectivity index (χ0n) is 11.8. The number of nitrogens with zero attached hydrogens (tertiary/aromatic N) is 2. The summed E-state index contributed by atoms with van der Waals surface area (Å²) in [7, 11) is -11.3. The quantitative estimate of drug-likeness (QED) is 0.714. The molecule has 2 N–H and O–H groups in total. The van der Waals surface area contributed by atoms with Crippen LogP contribution in [-0.4, -0.2) is 42.5 Å². The molecule has 1 aromatic heterocycles. The fraction of sp³-hybridized carbons (Fsp3) is 0.625. The molecule has 0 aliphatic heterocycles. The van der Waals surface area contributed by atoms with Crippen LogP contribution in [0, 0.1) is 0 Å². The molecule has 0 fully saturated rings. The number of rotatable bonds is 3. The fourth-order valence-electron chi connectivity index (χ4n) is 1.02. The van der Waals surface area contributed by atoms with E-state index in [1.54, 1.807) is 17.7 Å². The standard InChI is InChI=1S/C6H10N2O.C2HF6NO4S2/c1-5(9)6-7-3-4-8(6)2;3-1(4,5)14(10,11)9-15(12,13)2(6,7)8/h3-5,9H,1-2H3;9H. The van der Waals surface area contributed by atoms with Gasteiger partial charge in [-0.2, -0.15) is 26.3 Å². The third-order valence-corrected chi connectivity index (χ3v) is 5.04. The van der Waals surface area contributed by atoms with Gasteiger partial charge >= 0.3 is 31.1 Å². The molecule has 1 rings (SSSR count). The smallest absolute Gasteiger partial charge is 0.385 e. The minimum Gasteiger partial charge on any atom is -0.385 e. The Morgan fingerprint density at radius 1 is 1.08 bits per heavy atom. The molecule has 0 aromatic carbocycles. The lowest BCUT2D eigenvalue weighted by Crippen LogP contribution is -2.45. The summed E-state index contributed by atoms with van der Waals surface area (Å²) < 4.78 is 110. The Hall–Kier alpha value is -1.39. The molecule has 16 heteroatoms. The number of hydrogen-bond acceptors (Lipinski definition) is 6. The molecule has 0 saturated carbocycles. The molecule has 24 heavy (non-hydrogen) atoms. The lowest BCUT2D eigenvalue weighted by molar-refractivity contribution is -0.0476. The summed E-state index contributed by atoms with van der Waals surface area (Å²) in [5.74, 6) is 0.704. The van der Waals surface area contributed by atoms with Crippen LogP contribution in [0.15, 0.2) is 12.4 Å². The first-order valence-corrected chi connectivity index (χ1v) is 8.45. The average molecular weight is 407 g/mol. The lowest BCUT2D eigenvalue weighted by atomic mass is 10.4. The monoisotopic (exact) mass is 407 g/mol. The van der Waals surface area contributed by atoms with Crippen LogP contribution in [0.2, 0.25) is 0 Å². The van der Waals surface area contributed by atoms with E-state index in [1.165, 1.54) is 0 Å². The van der Waals surface area contributed by atoms with Crippen molar-refractivity contribution in [2.24, 2.45) is 7.05 Å². The maximum absolute atomic E-state index is 11.5. The van der Waals surface area contributed by atoms with E-state index in [9.17, 15) is 43.2 Å². The second-order valence-electron chi connectivity index (χ2n) is 4.05. The Morgan fingerprint density at radius 2 is 1.46 bits per heavy atom. The molecule has 0 bridgehead atoms. The zero-order valence-corrected chi connectivity index (χ0v) is 13.4. The molecular weight excluding hydrogens is 396 g/mol. The number of sulfonamides is 2. The van der Waals surface area contributed by atoms with Gasteiger partial charge in [0.05, 0.1) is 0 Å². The predicted molar refractivity (Wildman–Crippen MR) is 66.9 cm³/mol. The molecule has 1 unspecified atom stereocenters. The summed E-state index contributed by atoms with van der Waals surface area (Å²) in [5.41, 5.74) is -12.3. The van der Waals surface area contributed by atoms with Gasteiger partial charge in [-0.1, -0.05) is 4.13 Å². The third kappa shape index (κ3) is 5.91. The molecule has 0 saturated heterocycles. The van der Waals surface area contributed by atoms with Gasteiger partial charge in [-0.15, -0.1) is 0 Å². The van der Waals surface area contributed by atoms with Gasteiger partial charge in [-0.25, -0.2) is 21.8 Å². The highest BCUT2D eigenvalue weighted by molar-refractivity contribution is 8.05. The Morgan fingerprint density at radius 3 is 1.62 bits per heavy atom. The van der Waals surface area contributed by atoms with Gasteiger partial charge in [0, 0.05) is 19.4 Å². The maximum Gasteiger partial charge on any atom is 0.512 e. The van der Waals surface area contributed by atoms with Crippen LogP contribution in [0.4, 0.5) is 26.3 Å². The Labute approximate surface area is 132 Å². The van der Waals surface area contributed by atoms with Gasteiger partial charge in [0.25, 0.3) is 0 Å². The first-order chi connectivity index (χ1) is 10.4. The normalized spacial score (nSPS) is 14.7. The molecular formula is C8H11F6N3O5S2. The van der Waals surface area contributed by atoms with Crippen molar-refractivity contribution >= 4 is 20.0 Å². The van der Waals surface area contributed by atoms with Crippen LogP contribution in [0.3, 0.4) is 0 Å². The number of hydrogen-bond donors (Lipinski definition) is 2. The summed E-state index contributed by atoms with van der Waals surface area (Å²) >= 11 is 0. The Bertz CT molecular complexity index is 708. The highest BCUT2D eigenvalue weighted by Gasteiger charge is 2.55. The highest BCUT2D eigenvalue weighted by atomic mass is 32.3. The lowest BCUT2D eigenvalue weighted by Gasteiger charge is -2.11. The van der Waals surface area contributed by atoms with Gasteiger partial charge in [0.15, 0.2) is 0 Å². The first-order valence-electron chi connectivity index (χ1n) is 5.49. The number of aryl methyl sites for hydroxylation is 1. The van der Waals surface area contributed by atoms with E-state index in [-0.39, 0.29) is 0 Å². The molecule has 1 aromatic rings. The molecule has 0 radical (unpaired) electrons. The van der Waals surface area contributed by atoms with Crippen molar-refractivity contribution in [1.82, 2.24) is 13.7 Å². The van der Waals surface area contributed by atoms with E-state index in [4.69, 9.17) is 5.11 Å². The van der Waals surface area contributed by atoms with E-state index < -0.39 is 41.3 Å². The minimum atomic E-state index is -6.60. The maximum atomic E-state index is 11.5. The summed E-state index contributed by atoms with van der Waals surface area (Å²) in [6.45, 7) is 1.70. The SMILES string of the molecule is CC(O)c1nccn1C.O=S(=O)(NS(=O)(=O)C(F)(F)F)C(F)(F)F. The molecule has 0 aliphatic rings. The highest BCUT2D eigenvalue weighted by Crippen LogP contribution is 2.27. The summed E-state index contributed by atoms with van der Waals surface area (Å²) in [6, 6.07) is 0. The number of nitrogens with one attached hydrogen (secondary N) is 1. The van der Waals surface area contributed by atoms with E-state index in [1.807, 2.05) is 13.2 Å².